The number of aromatic nitrogens is 1. The van der Waals surface area contributed by atoms with E-state index in [0.29, 0.717) is 24.0 Å². The quantitative estimate of drug-likeness (QED) is 0.801. The maximum absolute atomic E-state index is 12.1. The molecule has 0 aliphatic carbocycles. The van der Waals surface area contributed by atoms with E-state index in [-0.39, 0.29) is 13.6 Å². The lowest BCUT2D eigenvalue weighted by molar-refractivity contribution is 0.219. The minimum absolute atomic E-state index is 0. The standard InChI is InChI=1S/C8H15N2O3PS.CH4/c1-3-12-14(11,13-4-2)5-7-6-15-8(9)10-7;/h6H,3-5H2,1-2H3,(H2,9,10);1H4. The Labute approximate surface area is 101 Å². The van der Waals surface area contributed by atoms with Gasteiger partial charge in [-0.05, 0) is 13.8 Å². The van der Waals surface area contributed by atoms with Crippen molar-refractivity contribution in [2.24, 2.45) is 0 Å². The van der Waals surface area contributed by atoms with E-state index in [4.69, 9.17) is 14.8 Å². The average molecular weight is 266 g/mol. The van der Waals surface area contributed by atoms with Gasteiger partial charge < -0.3 is 14.8 Å². The van der Waals surface area contributed by atoms with E-state index in [1.54, 1.807) is 19.2 Å². The lowest BCUT2D eigenvalue weighted by atomic mass is 10.6. The third kappa shape index (κ3) is 4.61. The van der Waals surface area contributed by atoms with Gasteiger partial charge in [-0.2, -0.15) is 0 Å². The minimum Gasteiger partial charge on any atom is -0.375 e. The molecule has 7 heteroatoms. The van der Waals surface area contributed by atoms with Gasteiger partial charge in [0.1, 0.15) is 0 Å². The fraction of sp³-hybridized carbons (Fsp3) is 0.667. The highest BCUT2D eigenvalue weighted by molar-refractivity contribution is 7.53. The van der Waals surface area contributed by atoms with E-state index in [1.165, 1.54) is 11.3 Å². The Balaban J connectivity index is 0.00000225. The summed E-state index contributed by atoms with van der Waals surface area (Å²) < 4.78 is 22.4. The van der Waals surface area contributed by atoms with Gasteiger partial charge in [-0.1, -0.05) is 7.43 Å². The lowest BCUT2D eigenvalue weighted by Gasteiger charge is -2.15. The van der Waals surface area contributed by atoms with Crippen molar-refractivity contribution in [1.82, 2.24) is 4.98 Å². The number of thiazole rings is 1. The Morgan fingerprint density at radius 2 is 2.00 bits per heavy atom. The highest BCUT2D eigenvalue weighted by Crippen LogP contribution is 2.51. The van der Waals surface area contributed by atoms with Crippen molar-refractivity contribution in [3.05, 3.63) is 11.1 Å². The molecule has 1 rings (SSSR count). The van der Waals surface area contributed by atoms with Gasteiger partial charge in [-0.15, -0.1) is 11.3 Å². The summed E-state index contributed by atoms with van der Waals surface area (Å²) in [6, 6.07) is 0. The lowest BCUT2D eigenvalue weighted by Crippen LogP contribution is -1.99. The van der Waals surface area contributed by atoms with Gasteiger partial charge >= 0.3 is 7.60 Å². The van der Waals surface area contributed by atoms with Crippen molar-refractivity contribution < 1.29 is 13.6 Å². The Bertz CT molecular complexity index is 346. The summed E-state index contributed by atoms with van der Waals surface area (Å²) in [6.07, 6.45) is 0.183. The Morgan fingerprint density at radius 1 is 1.44 bits per heavy atom. The summed E-state index contributed by atoms with van der Waals surface area (Å²) in [5.41, 5.74) is 6.14. The molecule has 0 radical (unpaired) electrons. The van der Waals surface area contributed by atoms with Gasteiger partial charge in [-0.3, -0.25) is 4.57 Å². The van der Waals surface area contributed by atoms with Gasteiger partial charge in [0.15, 0.2) is 5.13 Å². The smallest absolute Gasteiger partial charge is 0.336 e. The van der Waals surface area contributed by atoms with Crippen LogP contribution in [0, 0.1) is 0 Å². The molecule has 0 saturated heterocycles. The maximum Gasteiger partial charge on any atom is 0.336 e. The molecule has 1 aromatic heterocycles. The molecule has 0 unspecified atom stereocenters. The third-order valence-corrected chi connectivity index (χ3v) is 4.31. The van der Waals surface area contributed by atoms with E-state index in [2.05, 4.69) is 4.98 Å². The fourth-order valence-corrected chi connectivity index (χ4v) is 3.40. The molecule has 0 aliphatic rings. The van der Waals surface area contributed by atoms with Crippen LogP contribution in [0.5, 0.6) is 0 Å². The number of hydrogen-bond donors (Lipinski definition) is 1. The molecule has 0 fully saturated rings. The molecular formula is C9H19N2O3PS. The molecule has 94 valence electrons. The predicted octanol–water partition coefficient (Wildman–Crippen LogP) is 3.13. The summed E-state index contributed by atoms with van der Waals surface area (Å²) in [6.45, 7) is 4.27. The Kier molecular flexibility index (Phi) is 6.83. The molecule has 0 spiro atoms. The molecule has 0 aromatic carbocycles. The topological polar surface area (TPSA) is 74.4 Å². The molecule has 1 aromatic rings. The van der Waals surface area contributed by atoms with Crippen LogP contribution in [-0.2, 0) is 19.8 Å². The zero-order valence-electron chi connectivity index (χ0n) is 8.80. The second-order valence-corrected chi connectivity index (χ2v) is 5.73. The molecule has 5 nitrogen and oxygen atoms in total. The largest absolute Gasteiger partial charge is 0.375 e. The van der Waals surface area contributed by atoms with Crippen LogP contribution in [0.4, 0.5) is 5.13 Å². The van der Waals surface area contributed by atoms with Crippen molar-refractivity contribution in [2.45, 2.75) is 27.4 Å². The number of nitrogens with zero attached hydrogens (tertiary/aromatic N) is 1. The maximum atomic E-state index is 12.1. The fourth-order valence-electron chi connectivity index (χ4n) is 1.12. The van der Waals surface area contributed by atoms with Crippen LogP contribution in [0.2, 0.25) is 0 Å². The van der Waals surface area contributed by atoms with Crippen LogP contribution in [0.3, 0.4) is 0 Å². The van der Waals surface area contributed by atoms with Crippen LogP contribution < -0.4 is 5.73 Å². The summed E-state index contributed by atoms with van der Waals surface area (Å²) in [4.78, 5) is 4.02. The van der Waals surface area contributed by atoms with E-state index in [1.807, 2.05) is 0 Å². The van der Waals surface area contributed by atoms with E-state index in [9.17, 15) is 4.57 Å². The normalized spacial score (nSPS) is 11.1. The van der Waals surface area contributed by atoms with Gasteiger partial charge in [-0.25, -0.2) is 4.98 Å². The SMILES string of the molecule is C.CCOP(=O)(Cc1csc(N)n1)OCC. The Morgan fingerprint density at radius 3 is 2.38 bits per heavy atom. The molecule has 0 aliphatic heterocycles. The molecule has 0 bridgehead atoms. The number of nitrogens with two attached hydrogens (primary N) is 1. The first-order chi connectivity index (χ1) is 7.09. The summed E-state index contributed by atoms with van der Waals surface area (Å²) in [5, 5.41) is 2.23. The second kappa shape index (κ2) is 7.01. The zero-order valence-corrected chi connectivity index (χ0v) is 10.5. The molecule has 0 saturated carbocycles. The van der Waals surface area contributed by atoms with Gasteiger partial charge in [0.2, 0.25) is 0 Å². The third-order valence-electron chi connectivity index (χ3n) is 1.58. The Hall–Kier alpha value is -0.420. The number of nitrogen functional groups attached to an aromatic ring is 1. The van der Waals surface area contributed by atoms with Crippen LogP contribution in [0.25, 0.3) is 0 Å². The highest BCUT2D eigenvalue weighted by atomic mass is 32.1. The summed E-state index contributed by atoms with van der Waals surface area (Å²) in [5.74, 6) is 0. The van der Waals surface area contributed by atoms with Crippen LogP contribution in [0.15, 0.2) is 5.38 Å². The van der Waals surface area contributed by atoms with Crippen LogP contribution in [0.1, 0.15) is 27.0 Å². The minimum atomic E-state index is -3.04. The summed E-state index contributed by atoms with van der Waals surface area (Å²) in [7, 11) is -3.04. The number of rotatable bonds is 6. The zero-order chi connectivity index (χ0) is 11.3. The average Bonchev–Trinajstić information content (AvgIpc) is 2.51. The first kappa shape index (κ1) is 15.6. The van der Waals surface area contributed by atoms with Crippen molar-refractivity contribution >= 4 is 24.1 Å². The predicted molar refractivity (Wildman–Crippen MR) is 67.8 cm³/mol. The first-order valence-corrected chi connectivity index (χ1v) is 7.28. The van der Waals surface area contributed by atoms with Crippen molar-refractivity contribution in [3.63, 3.8) is 0 Å². The van der Waals surface area contributed by atoms with Gasteiger partial charge in [0.05, 0.1) is 25.1 Å². The van der Waals surface area contributed by atoms with E-state index >= 15 is 0 Å². The molecule has 1 heterocycles. The number of hydrogen-bond acceptors (Lipinski definition) is 6. The van der Waals surface area contributed by atoms with Crippen LogP contribution >= 0.6 is 18.9 Å². The van der Waals surface area contributed by atoms with Crippen LogP contribution in [-0.4, -0.2) is 18.2 Å². The molecule has 0 amide bonds. The van der Waals surface area contributed by atoms with Gasteiger partial charge in [0, 0.05) is 5.38 Å². The van der Waals surface area contributed by atoms with E-state index in [0.717, 1.165) is 0 Å². The second-order valence-electron chi connectivity index (χ2n) is 2.78. The first-order valence-electron chi connectivity index (χ1n) is 4.67. The van der Waals surface area contributed by atoms with Crippen molar-refractivity contribution in [2.75, 3.05) is 18.9 Å². The molecule has 16 heavy (non-hydrogen) atoms. The van der Waals surface area contributed by atoms with E-state index < -0.39 is 7.60 Å². The van der Waals surface area contributed by atoms with Crippen molar-refractivity contribution in [1.29, 1.82) is 0 Å². The van der Waals surface area contributed by atoms with Gasteiger partial charge in [0.25, 0.3) is 0 Å². The summed E-state index contributed by atoms with van der Waals surface area (Å²) >= 11 is 1.32. The monoisotopic (exact) mass is 266 g/mol. The molecule has 2 N–H and O–H groups in total. The highest BCUT2D eigenvalue weighted by Gasteiger charge is 2.25. The molecule has 0 atom stereocenters. The molecular weight excluding hydrogens is 247 g/mol. The number of anilines is 1. The van der Waals surface area contributed by atoms with Crippen molar-refractivity contribution in [3.8, 4) is 0 Å².